The van der Waals surface area contributed by atoms with E-state index >= 15 is 0 Å². The second-order valence-corrected chi connectivity index (χ2v) is 8.34. The second kappa shape index (κ2) is 7.02. The van der Waals surface area contributed by atoms with Gasteiger partial charge in [0.25, 0.3) is 5.91 Å². The fraction of sp³-hybridized carbons (Fsp3) is 0.333. The fourth-order valence-electron chi connectivity index (χ4n) is 2.03. The van der Waals surface area contributed by atoms with Crippen molar-refractivity contribution in [3.8, 4) is 0 Å². The fourth-order valence-corrected chi connectivity index (χ4v) is 3.47. The molecule has 7 heteroatoms. The first-order valence-electron chi connectivity index (χ1n) is 6.79. The zero-order valence-electron chi connectivity index (χ0n) is 12.5. The van der Waals surface area contributed by atoms with Crippen molar-refractivity contribution < 1.29 is 13.2 Å². The van der Waals surface area contributed by atoms with E-state index in [1.54, 1.807) is 35.6 Å². The summed E-state index contributed by atoms with van der Waals surface area (Å²) in [5, 5.41) is 5.81. The van der Waals surface area contributed by atoms with Gasteiger partial charge < -0.3 is 5.32 Å². The summed E-state index contributed by atoms with van der Waals surface area (Å²) < 4.78 is 22.6. The minimum atomic E-state index is -3.11. The van der Waals surface area contributed by atoms with E-state index in [1.165, 1.54) is 6.26 Å². The molecule has 118 valence electrons. The highest BCUT2D eigenvalue weighted by molar-refractivity contribution is 7.89. The topological polar surface area (TPSA) is 76.1 Å². The molecule has 1 heterocycles. The van der Waals surface area contributed by atoms with Gasteiger partial charge in [-0.25, -0.2) is 13.4 Å². The number of hydrogen-bond acceptors (Lipinski definition) is 5. The Labute approximate surface area is 134 Å². The molecule has 5 nitrogen and oxygen atoms in total. The Morgan fingerprint density at radius 1 is 1.36 bits per heavy atom. The third-order valence-corrected chi connectivity index (χ3v) is 4.63. The number of carbonyl (C=O) groups excluding carboxylic acids is 1. The summed E-state index contributed by atoms with van der Waals surface area (Å²) in [6.45, 7) is 2.44. The number of rotatable bonds is 6. The zero-order valence-corrected chi connectivity index (χ0v) is 14.1. The van der Waals surface area contributed by atoms with Crippen LogP contribution in [-0.2, 0) is 22.0 Å². The molecule has 0 unspecified atom stereocenters. The molecular weight excluding hydrogens is 320 g/mol. The highest BCUT2D eigenvalue weighted by Crippen LogP contribution is 2.10. The third kappa shape index (κ3) is 5.23. The zero-order chi connectivity index (χ0) is 16.2. The molecule has 0 spiro atoms. The van der Waals surface area contributed by atoms with Crippen LogP contribution in [0.15, 0.2) is 29.6 Å². The van der Waals surface area contributed by atoms with Gasteiger partial charge in [0.2, 0.25) is 0 Å². The van der Waals surface area contributed by atoms with Gasteiger partial charge in [0.15, 0.2) is 9.84 Å². The van der Waals surface area contributed by atoms with Crippen molar-refractivity contribution in [1.29, 1.82) is 0 Å². The van der Waals surface area contributed by atoms with Gasteiger partial charge in [-0.05, 0) is 24.6 Å². The van der Waals surface area contributed by atoms with Crippen LogP contribution in [-0.4, -0.2) is 32.1 Å². The molecule has 0 saturated carbocycles. The molecule has 2 aromatic rings. The highest BCUT2D eigenvalue weighted by atomic mass is 32.2. The van der Waals surface area contributed by atoms with Gasteiger partial charge in [0.1, 0.15) is 0 Å². The Morgan fingerprint density at radius 2 is 2.14 bits per heavy atom. The van der Waals surface area contributed by atoms with Crippen LogP contribution in [0.5, 0.6) is 0 Å². The predicted octanol–water partition coefficient (Wildman–Crippen LogP) is 1.97. The summed E-state index contributed by atoms with van der Waals surface area (Å²) in [5.41, 5.74) is 2.05. The first kappa shape index (κ1) is 16.6. The molecule has 0 aliphatic heterocycles. The highest BCUT2D eigenvalue weighted by Gasteiger charge is 2.09. The van der Waals surface area contributed by atoms with E-state index in [1.807, 2.05) is 12.3 Å². The van der Waals surface area contributed by atoms with Gasteiger partial charge in [-0.2, -0.15) is 0 Å². The van der Waals surface area contributed by atoms with Crippen molar-refractivity contribution in [2.24, 2.45) is 0 Å². The van der Waals surface area contributed by atoms with Crippen molar-refractivity contribution in [2.45, 2.75) is 19.1 Å². The van der Waals surface area contributed by atoms with Crippen LogP contribution in [0, 0.1) is 6.92 Å². The SMILES string of the molecule is Cc1nc(CCNC(=O)c2cccc(CS(C)(=O)=O)c2)cs1. The van der Waals surface area contributed by atoms with Crippen molar-refractivity contribution in [3.63, 3.8) is 0 Å². The lowest BCUT2D eigenvalue weighted by Gasteiger charge is -2.06. The van der Waals surface area contributed by atoms with Gasteiger partial charge >= 0.3 is 0 Å². The van der Waals surface area contributed by atoms with Gasteiger partial charge in [0, 0.05) is 30.2 Å². The lowest BCUT2D eigenvalue weighted by Crippen LogP contribution is -2.25. The number of amides is 1. The minimum absolute atomic E-state index is 0.0633. The van der Waals surface area contributed by atoms with Gasteiger partial charge in [-0.1, -0.05) is 12.1 Å². The molecule has 0 fully saturated rings. The van der Waals surface area contributed by atoms with Crippen LogP contribution in [0.3, 0.4) is 0 Å². The van der Waals surface area contributed by atoms with E-state index in [0.29, 0.717) is 24.1 Å². The van der Waals surface area contributed by atoms with Crippen LogP contribution in [0.4, 0.5) is 0 Å². The third-order valence-electron chi connectivity index (χ3n) is 2.95. The van der Waals surface area contributed by atoms with Gasteiger partial charge in [-0.15, -0.1) is 11.3 Å². The second-order valence-electron chi connectivity index (χ2n) is 5.13. The lowest BCUT2D eigenvalue weighted by atomic mass is 10.1. The average Bonchev–Trinajstić information content (AvgIpc) is 2.83. The van der Waals surface area contributed by atoms with Crippen LogP contribution in [0.2, 0.25) is 0 Å². The molecule has 1 amide bonds. The Hall–Kier alpha value is -1.73. The number of nitrogens with one attached hydrogen (secondary N) is 1. The smallest absolute Gasteiger partial charge is 0.251 e. The number of sulfone groups is 1. The van der Waals surface area contributed by atoms with E-state index in [-0.39, 0.29) is 11.7 Å². The number of benzene rings is 1. The summed E-state index contributed by atoms with van der Waals surface area (Å²) in [6, 6.07) is 6.69. The number of aryl methyl sites for hydroxylation is 1. The van der Waals surface area contributed by atoms with Crippen molar-refractivity contribution in [3.05, 3.63) is 51.5 Å². The van der Waals surface area contributed by atoms with E-state index in [0.717, 1.165) is 10.7 Å². The molecule has 1 N–H and O–H groups in total. The van der Waals surface area contributed by atoms with Crippen molar-refractivity contribution >= 4 is 27.1 Å². The summed E-state index contributed by atoms with van der Waals surface area (Å²) in [6.07, 6.45) is 1.86. The van der Waals surface area contributed by atoms with E-state index < -0.39 is 9.84 Å². The normalized spacial score (nSPS) is 11.4. The Bertz CT molecular complexity index is 767. The molecule has 22 heavy (non-hydrogen) atoms. The van der Waals surface area contributed by atoms with Gasteiger partial charge in [-0.3, -0.25) is 4.79 Å². The summed E-state index contributed by atoms with van der Waals surface area (Å²) >= 11 is 1.59. The molecule has 1 aromatic heterocycles. The van der Waals surface area contributed by atoms with Crippen LogP contribution >= 0.6 is 11.3 Å². The maximum Gasteiger partial charge on any atom is 0.251 e. The van der Waals surface area contributed by atoms with Crippen LogP contribution < -0.4 is 5.32 Å². The monoisotopic (exact) mass is 338 g/mol. The number of nitrogens with zero attached hydrogens (tertiary/aromatic N) is 1. The molecule has 2 rings (SSSR count). The number of aromatic nitrogens is 1. The van der Waals surface area contributed by atoms with E-state index in [9.17, 15) is 13.2 Å². The molecule has 0 radical (unpaired) electrons. The summed E-state index contributed by atoms with van der Waals surface area (Å²) in [5.74, 6) is -0.269. The molecular formula is C15H18N2O3S2. The lowest BCUT2D eigenvalue weighted by molar-refractivity contribution is 0.0954. The molecule has 0 aliphatic rings. The first-order chi connectivity index (χ1) is 10.3. The predicted molar refractivity (Wildman–Crippen MR) is 87.9 cm³/mol. The molecule has 0 aliphatic carbocycles. The van der Waals surface area contributed by atoms with Crippen LogP contribution in [0.1, 0.15) is 26.6 Å². The molecule has 0 atom stereocenters. The first-order valence-corrected chi connectivity index (χ1v) is 9.73. The average molecular weight is 338 g/mol. The van der Waals surface area contributed by atoms with Crippen molar-refractivity contribution in [1.82, 2.24) is 10.3 Å². The number of hydrogen-bond donors (Lipinski definition) is 1. The maximum atomic E-state index is 12.1. The summed E-state index contributed by atoms with van der Waals surface area (Å²) in [4.78, 5) is 16.4. The maximum absolute atomic E-state index is 12.1. The Morgan fingerprint density at radius 3 is 2.77 bits per heavy atom. The quantitative estimate of drug-likeness (QED) is 0.874. The van der Waals surface area contributed by atoms with Crippen molar-refractivity contribution in [2.75, 3.05) is 12.8 Å². The molecule has 0 bridgehead atoms. The Balaban J connectivity index is 1.93. The minimum Gasteiger partial charge on any atom is -0.352 e. The van der Waals surface area contributed by atoms with E-state index in [2.05, 4.69) is 10.3 Å². The number of thiazole rings is 1. The Kier molecular flexibility index (Phi) is 5.31. The summed E-state index contributed by atoms with van der Waals surface area (Å²) in [7, 11) is -3.11. The van der Waals surface area contributed by atoms with Gasteiger partial charge in [0.05, 0.1) is 16.5 Å². The molecule has 0 saturated heterocycles. The standard InChI is InChI=1S/C15H18N2O3S2/c1-11-17-14(9-21-11)6-7-16-15(18)13-5-3-4-12(8-13)10-22(2,19)20/h3-5,8-9H,6-7,10H2,1-2H3,(H,16,18). The number of carbonyl (C=O) groups is 1. The largest absolute Gasteiger partial charge is 0.352 e. The van der Waals surface area contributed by atoms with Crippen LogP contribution in [0.25, 0.3) is 0 Å². The molecule has 1 aromatic carbocycles. The van der Waals surface area contributed by atoms with E-state index in [4.69, 9.17) is 0 Å².